The minimum Gasteiger partial charge on any atom is -0.310 e. The highest BCUT2D eigenvalue weighted by atomic mass is 15.1. The molecule has 8 aromatic carbocycles. The molecule has 0 radical (unpaired) electrons. The third-order valence-electron chi connectivity index (χ3n) is 35.0. The Balaban J connectivity index is 0.603. The number of hydrogen-bond acceptors (Lipinski definition) is 1. The van der Waals surface area contributed by atoms with Crippen LogP contribution in [-0.2, 0) is 10.8 Å². The number of nitrogens with zero attached hydrogens (tertiary/aromatic N) is 1. The molecule has 0 saturated heterocycles. The number of anilines is 3. The lowest BCUT2D eigenvalue weighted by molar-refractivity contribution is -0.117. The summed E-state index contributed by atoms with van der Waals surface area (Å²) in [5.41, 5.74) is 25.1. The van der Waals surface area contributed by atoms with Crippen molar-refractivity contribution < 1.29 is 0 Å². The van der Waals surface area contributed by atoms with E-state index in [1.807, 2.05) is 0 Å². The van der Waals surface area contributed by atoms with Gasteiger partial charge in [0.1, 0.15) is 0 Å². The molecule has 0 N–H and O–H groups in total. The first-order valence-corrected chi connectivity index (χ1v) is 44.5. The summed E-state index contributed by atoms with van der Waals surface area (Å²) >= 11 is 0. The van der Waals surface area contributed by atoms with Gasteiger partial charge in [-0.25, -0.2) is 0 Å². The van der Waals surface area contributed by atoms with Crippen LogP contribution in [0.2, 0.25) is 0 Å². The first-order valence-electron chi connectivity index (χ1n) is 44.5. The average Bonchev–Trinajstić information content (AvgIpc) is 1.58. The van der Waals surface area contributed by atoms with Gasteiger partial charge in [-0.3, -0.25) is 0 Å². The smallest absolute Gasteiger partial charge is 0.0543 e. The van der Waals surface area contributed by atoms with Crippen molar-refractivity contribution in [3.05, 3.63) is 197 Å². The molecular formula is C106H133N. The van der Waals surface area contributed by atoms with E-state index < -0.39 is 0 Å². The molecule has 0 bridgehead atoms. The standard InChI is InChI=1S/C106H133N/c1-66(2)21-19-23-68(5)89-49-51-92-85-47-41-78-61-76(53-57-103(78,11)94(85)55-59-105(89,92)13)74-33-29-70(30-34-74)72-37-43-80(44-38-72)107(99-65-98-100(84-27-16-15-26-83(84)99)88-64-96-87(63-97(88)102(98,9)10)82-25-17-18-28-91(82)101(96,7)8)81-45-39-73(40-46-81)71-31-35-75(36-32-71)77-54-58-104(12)79(62-77)42-48-86-93-52-50-90(69(6)24-20-22-67(3)4)106(93,14)60-56-95(86)104/h15-18,25-40,43-46,63-69,76-79,85-86,89-90,92-95H,19-24,41-42,47-62H2,1-14H3/t68?,69?,76?,77?,78?,79?,85?,86?,89?,90?,92-,93?,94?,95?,103?,104?,105?,106?/m0/s1. The predicted molar refractivity (Wildman–Crippen MR) is 456 cm³/mol. The highest BCUT2D eigenvalue weighted by molar-refractivity contribution is 6.10. The number of benzene rings is 8. The minimum atomic E-state index is -0.225. The Morgan fingerprint density at radius 1 is 0.346 bits per heavy atom. The zero-order chi connectivity index (χ0) is 73.8. The van der Waals surface area contributed by atoms with E-state index in [9.17, 15) is 0 Å². The van der Waals surface area contributed by atoms with Gasteiger partial charge < -0.3 is 4.90 Å². The van der Waals surface area contributed by atoms with Gasteiger partial charge in [0.25, 0.3) is 0 Å². The van der Waals surface area contributed by atoms with Crippen molar-refractivity contribution in [1.29, 1.82) is 0 Å². The van der Waals surface area contributed by atoms with Gasteiger partial charge in [-0.15, -0.1) is 0 Å². The van der Waals surface area contributed by atoms with Gasteiger partial charge in [0, 0.05) is 27.6 Å². The Bertz CT molecular complexity index is 4390. The summed E-state index contributed by atoms with van der Waals surface area (Å²) in [4.78, 5) is 2.59. The lowest BCUT2D eigenvalue weighted by atomic mass is 9.43. The van der Waals surface area contributed by atoms with E-state index in [4.69, 9.17) is 0 Å². The van der Waals surface area contributed by atoms with Gasteiger partial charge in [-0.05, 0) is 358 Å². The second kappa shape index (κ2) is 27.3. The summed E-state index contributed by atoms with van der Waals surface area (Å²) in [6.45, 7) is 35.9. The fraction of sp³-hybridized carbons (Fsp3) is 0.566. The summed E-state index contributed by atoms with van der Waals surface area (Å²) in [6.07, 6.45) is 34.7. The second-order valence-corrected chi connectivity index (χ2v) is 41.6. The van der Waals surface area contributed by atoms with Gasteiger partial charge in [0.15, 0.2) is 0 Å². The Morgan fingerprint density at radius 2 is 0.757 bits per heavy atom. The lowest BCUT2D eigenvalue weighted by Crippen LogP contribution is -2.53. The van der Waals surface area contributed by atoms with Crippen LogP contribution in [-0.4, -0.2) is 0 Å². The Morgan fingerprint density at radius 3 is 1.24 bits per heavy atom. The zero-order valence-corrected chi connectivity index (χ0v) is 68.7. The maximum atomic E-state index is 2.79. The summed E-state index contributed by atoms with van der Waals surface area (Å²) in [5.74, 6) is 14.0. The number of fused-ring (bicyclic) bond motifs is 18. The molecule has 10 aliphatic carbocycles. The normalized spacial score (nSPS) is 33.1. The van der Waals surface area contributed by atoms with Crippen LogP contribution in [0.3, 0.4) is 0 Å². The molecule has 8 aromatic rings. The quantitative estimate of drug-likeness (QED) is 0.0878. The molecule has 8 fully saturated rings. The van der Waals surface area contributed by atoms with E-state index >= 15 is 0 Å². The maximum Gasteiger partial charge on any atom is 0.0543 e. The van der Waals surface area contributed by atoms with Crippen molar-refractivity contribution >= 4 is 27.8 Å². The Kier molecular flexibility index (Phi) is 18.5. The van der Waals surface area contributed by atoms with Gasteiger partial charge in [-0.1, -0.05) is 257 Å². The lowest BCUT2D eigenvalue weighted by Gasteiger charge is -2.61. The Labute approximate surface area is 648 Å². The zero-order valence-electron chi connectivity index (χ0n) is 68.7. The average molecular weight is 1420 g/mol. The minimum absolute atomic E-state index is 0.0790. The summed E-state index contributed by atoms with van der Waals surface area (Å²) in [6, 6.07) is 65.6. The Hall–Kier alpha value is -6.18. The van der Waals surface area contributed by atoms with E-state index in [1.165, 1.54) is 249 Å². The molecule has 8 saturated carbocycles. The third kappa shape index (κ3) is 11.9. The van der Waals surface area contributed by atoms with Crippen LogP contribution in [0, 0.1) is 105 Å². The van der Waals surface area contributed by atoms with E-state index in [-0.39, 0.29) is 10.8 Å². The second-order valence-electron chi connectivity index (χ2n) is 41.6. The molecule has 18 rings (SSSR count). The topological polar surface area (TPSA) is 3.24 Å². The molecule has 0 amide bonds. The molecule has 0 aromatic heterocycles. The highest BCUT2D eigenvalue weighted by Gasteiger charge is 2.63. The van der Waals surface area contributed by atoms with Crippen LogP contribution < -0.4 is 4.90 Å². The van der Waals surface area contributed by atoms with Crippen LogP contribution in [0.1, 0.15) is 296 Å². The highest BCUT2D eigenvalue weighted by Crippen LogP contribution is 2.72. The fourth-order valence-corrected chi connectivity index (χ4v) is 29.0. The predicted octanol–water partition coefficient (Wildman–Crippen LogP) is 30.7. The van der Waals surface area contributed by atoms with Crippen LogP contribution >= 0.6 is 0 Å². The van der Waals surface area contributed by atoms with Crippen LogP contribution in [0.5, 0.6) is 0 Å². The van der Waals surface area contributed by atoms with Gasteiger partial charge in [-0.2, -0.15) is 0 Å². The van der Waals surface area contributed by atoms with Crippen molar-refractivity contribution in [1.82, 2.24) is 0 Å². The molecule has 10 aliphatic rings. The SMILES string of the molecule is CC(C)CCCC(C)C1CCC2C3CCC4CC(c5ccc(-c6ccc(N(c7ccc(-c8ccc(C9CCC%10(C)C(CCC%11C%10CCC%10(C)C(C(C)CCCC(C)C)CC[C@@H]%11%10)C9)cc8)cc7)c7cc8c(c9ccccc79)-c7cc9c(cc7C8(C)C)-c7ccccc7C9(C)C)cc6)cc5)CCC4(C)C3CCC12C. The van der Waals surface area contributed by atoms with Crippen molar-refractivity contribution in [3.63, 3.8) is 0 Å². The molecule has 1 heteroatoms. The molecular weight excluding hydrogens is 1290 g/mol. The van der Waals surface area contributed by atoms with Gasteiger partial charge >= 0.3 is 0 Å². The molecule has 107 heavy (non-hydrogen) atoms. The first kappa shape index (κ1) is 72.4. The van der Waals surface area contributed by atoms with E-state index in [0.717, 1.165) is 82.9 Å². The van der Waals surface area contributed by atoms with E-state index in [1.54, 1.807) is 11.1 Å². The largest absolute Gasteiger partial charge is 0.310 e. The molecule has 17 unspecified atom stereocenters. The summed E-state index contributed by atoms with van der Waals surface area (Å²) in [5, 5.41) is 2.62. The fourth-order valence-electron chi connectivity index (χ4n) is 29.0. The third-order valence-corrected chi connectivity index (χ3v) is 35.0. The maximum absolute atomic E-state index is 2.79. The molecule has 0 heterocycles. The van der Waals surface area contributed by atoms with Gasteiger partial charge in [0.2, 0.25) is 0 Å². The number of rotatable bonds is 17. The molecule has 0 aliphatic heterocycles. The summed E-state index contributed by atoms with van der Waals surface area (Å²) < 4.78 is 0. The van der Waals surface area contributed by atoms with Crippen molar-refractivity contribution in [3.8, 4) is 44.5 Å². The van der Waals surface area contributed by atoms with Crippen LogP contribution in [0.25, 0.3) is 55.3 Å². The van der Waals surface area contributed by atoms with E-state index in [0.29, 0.717) is 33.5 Å². The number of hydrogen-bond donors (Lipinski definition) is 0. The van der Waals surface area contributed by atoms with Gasteiger partial charge in [0.05, 0.1) is 5.69 Å². The van der Waals surface area contributed by atoms with Crippen molar-refractivity contribution in [2.75, 3.05) is 4.90 Å². The molecule has 1 nitrogen and oxygen atoms in total. The molecule has 562 valence electrons. The monoisotopic (exact) mass is 1420 g/mol. The van der Waals surface area contributed by atoms with Crippen molar-refractivity contribution in [2.45, 2.75) is 274 Å². The van der Waals surface area contributed by atoms with Crippen LogP contribution in [0.4, 0.5) is 17.1 Å². The first-order chi connectivity index (χ1) is 51.5. The molecule has 0 spiro atoms. The molecule has 18 atom stereocenters. The van der Waals surface area contributed by atoms with Crippen molar-refractivity contribution in [2.24, 2.45) is 105 Å². The van der Waals surface area contributed by atoms with Crippen LogP contribution in [0.15, 0.2) is 164 Å². The summed E-state index contributed by atoms with van der Waals surface area (Å²) in [7, 11) is 0. The van der Waals surface area contributed by atoms with E-state index in [2.05, 4.69) is 266 Å².